The van der Waals surface area contributed by atoms with Gasteiger partial charge in [-0.3, -0.25) is 9.36 Å². The average molecular weight is 497 g/mol. The number of esters is 1. The quantitative estimate of drug-likeness (QED) is 0.254. The lowest BCUT2D eigenvalue weighted by molar-refractivity contribution is 0.0531. The van der Waals surface area contributed by atoms with Crippen molar-refractivity contribution in [3.63, 3.8) is 0 Å². The van der Waals surface area contributed by atoms with Gasteiger partial charge in [-0.15, -0.1) is 11.3 Å². The van der Waals surface area contributed by atoms with Gasteiger partial charge in [0.15, 0.2) is 5.16 Å². The lowest BCUT2D eigenvalue weighted by atomic mass is 10.2. The Kier molecular flexibility index (Phi) is 7.19. The van der Waals surface area contributed by atoms with Gasteiger partial charge in [0, 0.05) is 22.9 Å². The van der Waals surface area contributed by atoms with Gasteiger partial charge in [0.2, 0.25) is 0 Å². The van der Waals surface area contributed by atoms with Gasteiger partial charge in [0.05, 0.1) is 24.6 Å². The highest BCUT2D eigenvalue weighted by molar-refractivity contribution is 7.98. The zero-order chi connectivity index (χ0) is 22.8. The van der Waals surface area contributed by atoms with Crippen LogP contribution in [0.1, 0.15) is 40.6 Å². The van der Waals surface area contributed by atoms with Gasteiger partial charge in [0.25, 0.3) is 5.56 Å². The molecule has 0 radical (unpaired) electrons. The molecule has 0 amide bonds. The molecule has 1 atom stereocenters. The summed E-state index contributed by atoms with van der Waals surface area (Å²) in [6.45, 7) is 4.71. The van der Waals surface area contributed by atoms with Crippen LogP contribution in [0.4, 0.5) is 4.39 Å². The van der Waals surface area contributed by atoms with E-state index in [0.717, 1.165) is 24.2 Å². The van der Waals surface area contributed by atoms with Gasteiger partial charge < -0.3 is 9.47 Å². The number of thioether (sulfide) groups is 1. The molecule has 3 heterocycles. The zero-order valence-corrected chi connectivity index (χ0v) is 20.0. The molecule has 32 heavy (non-hydrogen) atoms. The Bertz CT molecular complexity index is 1200. The van der Waals surface area contributed by atoms with Crippen molar-refractivity contribution in [2.75, 3.05) is 13.2 Å². The summed E-state index contributed by atoms with van der Waals surface area (Å²) in [6.07, 6.45) is 1.70. The number of fused-ring (bicyclic) bond motifs is 1. The molecule has 1 saturated heterocycles. The number of aromatic nitrogens is 2. The first-order chi connectivity index (χ1) is 15.4. The SMILES string of the molecule is CCOC(=O)c1sc2nc(SCc3c(F)cccc3Cl)n(C[C@H]3CCCO3)c(=O)c2c1C. The molecule has 0 unspecified atom stereocenters. The number of carbonyl (C=O) groups is 1. The molecular formula is C22H22ClFN2O4S2. The molecule has 2 aromatic heterocycles. The standard InChI is InChI=1S/C22H22ClFN2O4S2/c1-3-29-21(28)18-12(2)17-19(32-18)25-22(26(20(17)27)10-13-6-5-9-30-13)31-11-14-15(23)7-4-8-16(14)24/h4,7-8,13H,3,5-6,9-11H2,1-2H3/t13-/m1/s1. The largest absolute Gasteiger partial charge is 0.462 e. The summed E-state index contributed by atoms with van der Waals surface area (Å²) >= 11 is 8.55. The molecule has 0 bridgehead atoms. The normalized spacial score (nSPS) is 16.1. The highest BCUT2D eigenvalue weighted by atomic mass is 35.5. The summed E-state index contributed by atoms with van der Waals surface area (Å²) in [5.41, 5.74) is 0.680. The van der Waals surface area contributed by atoms with Crippen molar-refractivity contribution >= 4 is 50.9 Å². The Balaban J connectivity index is 1.78. The Morgan fingerprint density at radius 2 is 2.28 bits per heavy atom. The van der Waals surface area contributed by atoms with Crippen molar-refractivity contribution in [1.29, 1.82) is 0 Å². The molecule has 10 heteroatoms. The third kappa shape index (κ3) is 4.57. The van der Waals surface area contributed by atoms with Gasteiger partial charge in [-0.05, 0) is 44.4 Å². The predicted molar refractivity (Wildman–Crippen MR) is 125 cm³/mol. The highest BCUT2D eigenvalue weighted by Gasteiger charge is 2.25. The fourth-order valence-corrected chi connectivity index (χ4v) is 6.13. The number of rotatable bonds is 7. The van der Waals surface area contributed by atoms with Crippen LogP contribution in [0.5, 0.6) is 0 Å². The molecule has 0 aliphatic carbocycles. The first-order valence-electron chi connectivity index (χ1n) is 10.3. The third-order valence-electron chi connectivity index (χ3n) is 5.29. The van der Waals surface area contributed by atoms with E-state index >= 15 is 0 Å². The fraction of sp³-hybridized carbons (Fsp3) is 0.409. The van der Waals surface area contributed by atoms with Crippen LogP contribution in [0.2, 0.25) is 5.02 Å². The Hall–Kier alpha value is -1.94. The van der Waals surface area contributed by atoms with E-state index in [-0.39, 0.29) is 24.0 Å². The van der Waals surface area contributed by atoms with E-state index in [1.54, 1.807) is 30.5 Å². The molecule has 0 spiro atoms. The van der Waals surface area contributed by atoms with Gasteiger partial charge in [-0.2, -0.15) is 0 Å². The van der Waals surface area contributed by atoms with E-state index in [1.807, 2.05) is 0 Å². The van der Waals surface area contributed by atoms with Crippen molar-refractivity contribution in [2.24, 2.45) is 0 Å². The predicted octanol–water partition coefficient (Wildman–Crippen LogP) is 5.21. The molecule has 4 rings (SSSR count). The number of hydrogen-bond donors (Lipinski definition) is 0. The Morgan fingerprint density at radius 3 is 2.97 bits per heavy atom. The zero-order valence-electron chi connectivity index (χ0n) is 17.7. The van der Waals surface area contributed by atoms with Crippen molar-refractivity contribution in [1.82, 2.24) is 9.55 Å². The van der Waals surface area contributed by atoms with Gasteiger partial charge in [-0.1, -0.05) is 29.4 Å². The van der Waals surface area contributed by atoms with Crippen LogP contribution >= 0.6 is 34.7 Å². The maximum Gasteiger partial charge on any atom is 0.348 e. The van der Waals surface area contributed by atoms with Crippen molar-refractivity contribution in [2.45, 2.75) is 50.2 Å². The van der Waals surface area contributed by atoms with Crippen LogP contribution in [0.3, 0.4) is 0 Å². The minimum absolute atomic E-state index is 0.0909. The smallest absolute Gasteiger partial charge is 0.348 e. The van der Waals surface area contributed by atoms with E-state index < -0.39 is 11.8 Å². The van der Waals surface area contributed by atoms with Crippen LogP contribution in [0.15, 0.2) is 28.2 Å². The van der Waals surface area contributed by atoms with Crippen LogP contribution in [-0.4, -0.2) is 34.8 Å². The number of benzene rings is 1. The highest BCUT2D eigenvalue weighted by Crippen LogP contribution is 2.32. The molecule has 1 fully saturated rings. The second-order valence-electron chi connectivity index (χ2n) is 7.39. The summed E-state index contributed by atoms with van der Waals surface area (Å²) in [5.74, 6) is -0.662. The summed E-state index contributed by atoms with van der Waals surface area (Å²) in [4.78, 5) is 31.4. The summed E-state index contributed by atoms with van der Waals surface area (Å²) in [7, 11) is 0. The molecule has 1 aliphatic heterocycles. The second kappa shape index (κ2) is 9.91. The van der Waals surface area contributed by atoms with Gasteiger partial charge in [-0.25, -0.2) is 14.2 Å². The first kappa shape index (κ1) is 23.2. The third-order valence-corrected chi connectivity index (χ3v) is 7.82. The lowest BCUT2D eigenvalue weighted by Gasteiger charge is -2.16. The number of ether oxygens (including phenoxy) is 2. The summed E-state index contributed by atoms with van der Waals surface area (Å²) < 4.78 is 26.7. The minimum Gasteiger partial charge on any atom is -0.462 e. The van der Waals surface area contributed by atoms with E-state index in [9.17, 15) is 14.0 Å². The van der Waals surface area contributed by atoms with Crippen LogP contribution in [-0.2, 0) is 21.8 Å². The number of nitrogens with zero attached hydrogens (tertiary/aromatic N) is 2. The fourth-order valence-electron chi connectivity index (χ4n) is 3.66. The second-order valence-corrected chi connectivity index (χ2v) is 9.74. The topological polar surface area (TPSA) is 70.4 Å². The number of hydrogen-bond acceptors (Lipinski definition) is 7. The number of halogens is 2. The van der Waals surface area contributed by atoms with Gasteiger partial charge >= 0.3 is 5.97 Å². The molecule has 6 nitrogen and oxygen atoms in total. The van der Waals surface area contributed by atoms with Crippen LogP contribution < -0.4 is 5.56 Å². The monoisotopic (exact) mass is 496 g/mol. The average Bonchev–Trinajstić information content (AvgIpc) is 3.38. The minimum atomic E-state index is -0.467. The van der Waals surface area contributed by atoms with Crippen molar-refractivity contribution < 1.29 is 18.7 Å². The Labute approximate surface area is 197 Å². The molecular weight excluding hydrogens is 475 g/mol. The summed E-state index contributed by atoms with van der Waals surface area (Å²) in [5, 5.41) is 1.17. The number of thiophene rings is 1. The van der Waals surface area contributed by atoms with Crippen molar-refractivity contribution in [3.8, 4) is 0 Å². The molecule has 1 aromatic carbocycles. The Morgan fingerprint density at radius 1 is 1.47 bits per heavy atom. The van der Waals surface area contributed by atoms with Crippen LogP contribution in [0.25, 0.3) is 10.2 Å². The molecule has 0 saturated carbocycles. The van der Waals surface area contributed by atoms with E-state index in [0.29, 0.717) is 49.6 Å². The maximum absolute atomic E-state index is 14.3. The molecule has 1 aliphatic rings. The van der Waals surface area contributed by atoms with Crippen LogP contribution in [0, 0.1) is 12.7 Å². The molecule has 0 N–H and O–H groups in total. The molecule has 3 aromatic rings. The number of aryl methyl sites for hydroxylation is 1. The maximum atomic E-state index is 14.3. The van der Waals surface area contributed by atoms with E-state index in [1.165, 1.54) is 17.8 Å². The van der Waals surface area contributed by atoms with E-state index in [4.69, 9.17) is 26.1 Å². The van der Waals surface area contributed by atoms with Crippen molar-refractivity contribution in [3.05, 3.63) is 55.4 Å². The molecule has 170 valence electrons. The lowest BCUT2D eigenvalue weighted by Crippen LogP contribution is -2.28. The van der Waals surface area contributed by atoms with E-state index in [2.05, 4.69) is 0 Å². The summed E-state index contributed by atoms with van der Waals surface area (Å²) in [6, 6.07) is 4.53. The number of carbonyl (C=O) groups excluding carboxylic acids is 1. The van der Waals surface area contributed by atoms with Gasteiger partial charge in [0.1, 0.15) is 15.5 Å². The first-order valence-corrected chi connectivity index (χ1v) is 12.5.